The number of fused-ring (bicyclic) bond motifs is 1. The molecule has 1 N–H and O–H groups in total. The second kappa shape index (κ2) is 7.85. The van der Waals surface area contributed by atoms with E-state index in [1.54, 1.807) is 49.7 Å². The first-order valence-electron chi connectivity index (χ1n) is 7.65. The molecular formula is C18H17N3O3S. The van der Waals surface area contributed by atoms with E-state index in [1.165, 1.54) is 22.2 Å². The fraction of sp³-hybridized carbons (Fsp3) is 0.167. The Morgan fingerprint density at radius 3 is 2.80 bits per heavy atom. The molecular weight excluding hydrogens is 338 g/mol. The third-order valence-electron chi connectivity index (χ3n) is 3.48. The van der Waals surface area contributed by atoms with Crippen LogP contribution in [0.1, 0.15) is 5.69 Å². The van der Waals surface area contributed by atoms with Crippen molar-refractivity contribution in [3.63, 3.8) is 0 Å². The Morgan fingerprint density at radius 2 is 2.04 bits per heavy atom. The zero-order chi connectivity index (χ0) is 17.6. The minimum absolute atomic E-state index is 0.104. The fourth-order valence-electron chi connectivity index (χ4n) is 2.30. The van der Waals surface area contributed by atoms with Crippen LogP contribution in [0.25, 0.3) is 5.65 Å². The van der Waals surface area contributed by atoms with Crippen molar-refractivity contribution in [2.24, 2.45) is 0 Å². The zero-order valence-electron chi connectivity index (χ0n) is 13.6. The highest BCUT2D eigenvalue weighted by molar-refractivity contribution is 7.99. The summed E-state index contributed by atoms with van der Waals surface area (Å²) in [6.45, 7) is 0. The van der Waals surface area contributed by atoms with E-state index in [0.717, 1.165) is 5.75 Å². The summed E-state index contributed by atoms with van der Waals surface area (Å²) in [6, 6.07) is 14.0. The Hall–Kier alpha value is -2.80. The highest BCUT2D eigenvalue weighted by atomic mass is 32.2. The standard InChI is InChI=1S/C18H17N3O3S/c1-24-15-7-5-13(6-8-15)20-17(22)12-25-11-14-10-18(23)21-9-3-2-4-16(21)19-14/h2-10H,11-12H2,1H3,(H,20,22). The van der Waals surface area contributed by atoms with Gasteiger partial charge in [-0.3, -0.25) is 14.0 Å². The summed E-state index contributed by atoms with van der Waals surface area (Å²) in [5.41, 5.74) is 1.86. The van der Waals surface area contributed by atoms with Gasteiger partial charge in [0.25, 0.3) is 5.56 Å². The highest BCUT2D eigenvalue weighted by Crippen LogP contribution is 2.16. The second-order valence-electron chi connectivity index (χ2n) is 5.28. The topological polar surface area (TPSA) is 72.7 Å². The first-order chi connectivity index (χ1) is 12.2. The number of carbonyl (C=O) groups excluding carboxylic acids is 1. The van der Waals surface area contributed by atoms with Crippen LogP contribution in [0, 0.1) is 0 Å². The van der Waals surface area contributed by atoms with Gasteiger partial charge in [0.15, 0.2) is 0 Å². The van der Waals surface area contributed by atoms with Crippen molar-refractivity contribution in [1.82, 2.24) is 9.38 Å². The summed E-state index contributed by atoms with van der Waals surface area (Å²) in [6.07, 6.45) is 1.68. The van der Waals surface area contributed by atoms with Gasteiger partial charge in [0.05, 0.1) is 18.6 Å². The molecule has 0 spiro atoms. The minimum atomic E-state index is -0.121. The van der Waals surface area contributed by atoms with Crippen LogP contribution in [-0.2, 0) is 10.5 Å². The molecule has 128 valence electrons. The molecule has 0 aliphatic carbocycles. The minimum Gasteiger partial charge on any atom is -0.497 e. The number of pyridine rings is 1. The Morgan fingerprint density at radius 1 is 1.24 bits per heavy atom. The maximum atomic E-state index is 12.0. The Balaban J connectivity index is 1.55. The van der Waals surface area contributed by atoms with Crippen molar-refractivity contribution in [2.75, 3.05) is 18.2 Å². The van der Waals surface area contributed by atoms with Crippen molar-refractivity contribution in [1.29, 1.82) is 0 Å². The first-order valence-corrected chi connectivity index (χ1v) is 8.80. The Labute approximate surface area is 148 Å². The van der Waals surface area contributed by atoms with Crippen LogP contribution >= 0.6 is 11.8 Å². The number of rotatable bonds is 6. The van der Waals surface area contributed by atoms with Gasteiger partial charge in [-0.15, -0.1) is 11.8 Å². The van der Waals surface area contributed by atoms with Crippen molar-refractivity contribution in [2.45, 2.75) is 5.75 Å². The van der Waals surface area contributed by atoms with Gasteiger partial charge < -0.3 is 10.1 Å². The van der Waals surface area contributed by atoms with Crippen LogP contribution in [0.3, 0.4) is 0 Å². The number of nitrogens with one attached hydrogen (secondary N) is 1. The quantitative estimate of drug-likeness (QED) is 0.736. The average Bonchev–Trinajstić information content (AvgIpc) is 2.62. The molecule has 0 fully saturated rings. The summed E-state index contributed by atoms with van der Waals surface area (Å²) in [7, 11) is 1.59. The number of ether oxygens (including phenoxy) is 1. The third kappa shape index (κ3) is 4.39. The highest BCUT2D eigenvalue weighted by Gasteiger charge is 2.06. The molecule has 0 saturated carbocycles. The lowest BCUT2D eigenvalue weighted by Crippen LogP contribution is -2.16. The molecule has 6 nitrogen and oxygen atoms in total. The average molecular weight is 355 g/mol. The fourth-order valence-corrected chi connectivity index (χ4v) is 3.01. The molecule has 2 aromatic heterocycles. The number of carbonyl (C=O) groups is 1. The van der Waals surface area contributed by atoms with Gasteiger partial charge in [0.1, 0.15) is 11.4 Å². The summed E-state index contributed by atoms with van der Waals surface area (Å²) < 4.78 is 6.57. The number of aromatic nitrogens is 2. The zero-order valence-corrected chi connectivity index (χ0v) is 14.5. The summed E-state index contributed by atoms with van der Waals surface area (Å²) in [5.74, 6) is 1.41. The molecule has 0 radical (unpaired) electrons. The van der Waals surface area contributed by atoms with Gasteiger partial charge in [-0.2, -0.15) is 0 Å². The number of hydrogen-bond donors (Lipinski definition) is 1. The molecule has 0 atom stereocenters. The van der Waals surface area contributed by atoms with Gasteiger partial charge in [-0.25, -0.2) is 4.98 Å². The summed E-state index contributed by atoms with van der Waals surface area (Å²) in [5, 5.41) is 2.82. The molecule has 0 bridgehead atoms. The van der Waals surface area contributed by atoms with Crippen LogP contribution in [0.4, 0.5) is 5.69 Å². The molecule has 3 aromatic rings. The number of benzene rings is 1. The maximum Gasteiger partial charge on any atom is 0.258 e. The van der Waals surface area contributed by atoms with Crippen molar-refractivity contribution < 1.29 is 9.53 Å². The lowest BCUT2D eigenvalue weighted by molar-refractivity contribution is -0.113. The monoisotopic (exact) mass is 355 g/mol. The summed E-state index contributed by atoms with van der Waals surface area (Å²) >= 11 is 1.41. The van der Waals surface area contributed by atoms with Crippen LogP contribution in [-0.4, -0.2) is 28.2 Å². The number of nitrogens with zero attached hydrogens (tertiary/aromatic N) is 2. The van der Waals surface area contributed by atoms with E-state index in [1.807, 2.05) is 6.07 Å². The maximum absolute atomic E-state index is 12.0. The predicted octanol–water partition coefficient (Wildman–Crippen LogP) is 2.58. The van der Waals surface area contributed by atoms with E-state index in [-0.39, 0.29) is 17.2 Å². The number of thioether (sulfide) groups is 1. The molecule has 1 aromatic carbocycles. The summed E-state index contributed by atoms with van der Waals surface area (Å²) in [4.78, 5) is 28.4. The lowest BCUT2D eigenvalue weighted by atomic mass is 10.3. The molecule has 0 unspecified atom stereocenters. The van der Waals surface area contributed by atoms with Crippen LogP contribution < -0.4 is 15.6 Å². The second-order valence-corrected chi connectivity index (χ2v) is 6.27. The number of amides is 1. The van der Waals surface area contributed by atoms with Crippen molar-refractivity contribution >= 4 is 29.0 Å². The van der Waals surface area contributed by atoms with Crippen molar-refractivity contribution in [3.05, 3.63) is 70.8 Å². The van der Waals surface area contributed by atoms with Crippen LogP contribution in [0.15, 0.2) is 59.5 Å². The van der Waals surface area contributed by atoms with Crippen LogP contribution in [0.5, 0.6) is 5.75 Å². The smallest absolute Gasteiger partial charge is 0.258 e. The van der Waals surface area contributed by atoms with E-state index in [0.29, 0.717) is 22.8 Å². The van der Waals surface area contributed by atoms with E-state index >= 15 is 0 Å². The largest absolute Gasteiger partial charge is 0.497 e. The van der Waals surface area contributed by atoms with Crippen molar-refractivity contribution in [3.8, 4) is 5.75 Å². The number of anilines is 1. The molecule has 0 aliphatic heterocycles. The van der Waals surface area contributed by atoms with E-state index in [2.05, 4.69) is 10.3 Å². The van der Waals surface area contributed by atoms with Crippen LogP contribution in [0.2, 0.25) is 0 Å². The Bertz CT molecular complexity index is 938. The van der Waals surface area contributed by atoms with E-state index in [4.69, 9.17) is 4.74 Å². The first kappa shape index (κ1) is 17.0. The van der Waals surface area contributed by atoms with Gasteiger partial charge in [-0.05, 0) is 36.4 Å². The van der Waals surface area contributed by atoms with Gasteiger partial charge >= 0.3 is 0 Å². The predicted molar refractivity (Wildman–Crippen MR) is 99.2 cm³/mol. The van der Waals surface area contributed by atoms with Gasteiger partial charge in [0, 0.05) is 23.7 Å². The number of hydrogen-bond acceptors (Lipinski definition) is 5. The molecule has 7 heteroatoms. The molecule has 0 saturated heterocycles. The van der Waals surface area contributed by atoms with Gasteiger partial charge in [-0.1, -0.05) is 6.07 Å². The lowest BCUT2D eigenvalue weighted by Gasteiger charge is -2.06. The Kier molecular flexibility index (Phi) is 5.35. The SMILES string of the molecule is COc1ccc(NC(=O)CSCc2cc(=O)n3ccccc3n2)cc1. The molecule has 0 aliphatic rings. The van der Waals surface area contributed by atoms with E-state index < -0.39 is 0 Å². The third-order valence-corrected chi connectivity index (χ3v) is 4.45. The molecule has 25 heavy (non-hydrogen) atoms. The molecule has 3 rings (SSSR count). The number of methoxy groups -OCH3 is 1. The normalized spacial score (nSPS) is 10.6. The molecule has 1 amide bonds. The van der Waals surface area contributed by atoms with E-state index in [9.17, 15) is 9.59 Å². The molecule has 2 heterocycles. The van der Waals surface area contributed by atoms with Gasteiger partial charge in [0.2, 0.25) is 5.91 Å².